The molecular formula is C16H23N3O4. The predicted octanol–water partition coefficient (Wildman–Crippen LogP) is 1.97. The van der Waals surface area contributed by atoms with Crippen LogP contribution in [0.2, 0.25) is 0 Å². The molecule has 126 valence electrons. The van der Waals surface area contributed by atoms with Crippen LogP contribution in [0.15, 0.2) is 12.1 Å². The molecule has 0 bridgehead atoms. The molecule has 7 nitrogen and oxygen atoms in total. The lowest BCUT2D eigenvalue weighted by molar-refractivity contribution is -0.386. The van der Waals surface area contributed by atoms with Crippen molar-refractivity contribution in [3.05, 3.63) is 27.8 Å². The number of nitrogens with one attached hydrogen (secondary N) is 1. The van der Waals surface area contributed by atoms with Crippen molar-refractivity contribution < 1.29 is 14.4 Å². The second kappa shape index (κ2) is 6.72. The van der Waals surface area contributed by atoms with Gasteiger partial charge < -0.3 is 14.8 Å². The van der Waals surface area contributed by atoms with Crippen molar-refractivity contribution in [3.63, 3.8) is 0 Å². The van der Waals surface area contributed by atoms with Crippen molar-refractivity contribution >= 4 is 5.69 Å². The lowest BCUT2D eigenvalue weighted by Gasteiger charge is -2.35. The van der Waals surface area contributed by atoms with Crippen LogP contribution < -0.4 is 14.8 Å². The zero-order valence-corrected chi connectivity index (χ0v) is 13.6. The molecule has 0 spiro atoms. The fourth-order valence-corrected chi connectivity index (χ4v) is 3.40. The average molecular weight is 321 g/mol. The first kappa shape index (κ1) is 16.0. The summed E-state index contributed by atoms with van der Waals surface area (Å²) >= 11 is 0. The molecule has 1 aliphatic heterocycles. The summed E-state index contributed by atoms with van der Waals surface area (Å²) in [6.45, 7) is 3.66. The van der Waals surface area contributed by atoms with Crippen LogP contribution in [0.4, 0.5) is 5.69 Å². The lowest BCUT2D eigenvalue weighted by atomic mass is 9.97. The van der Waals surface area contributed by atoms with Gasteiger partial charge in [-0.2, -0.15) is 0 Å². The Kier molecular flexibility index (Phi) is 4.68. The Labute approximate surface area is 135 Å². The van der Waals surface area contributed by atoms with E-state index in [1.54, 1.807) is 13.2 Å². The SMILES string of the molecule is COc1cc([C@H](C2CC2)N2CCNCC2)c([N+](=O)[O-])cc1OC. The second-order valence-electron chi connectivity index (χ2n) is 6.09. The number of methoxy groups -OCH3 is 2. The molecule has 0 radical (unpaired) electrons. The molecule has 7 heteroatoms. The molecule has 1 heterocycles. The zero-order chi connectivity index (χ0) is 16.4. The van der Waals surface area contributed by atoms with Crippen molar-refractivity contribution in [2.24, 2.45) is 5.92 Å². The van der Waals surface area contributed by atoms with Crippen LogP contribution in [0.1, 0.15) is 24.4 Å². The number of rotatable bonds is 6. The Morgan fingerprint density at radius 2 is 1.83 bits per heavy atom. The summed E-state index contributed by atoms with van der Waals surface area (Å²) in [6, 6.07) is 3.37. The highest BCUT2D eigenvalue weighted by Gasteiger charge is 2.40. The molecule has 0 amide bonds. The van der Waals surface area contributed by atoms with Gasteiger partial charge in [0.15, 0.2) is 11.5 Å². The Morgan fingerprint density at radius 1 is 1.22 bits per heavy atom. The maximum atomic E-state index is 11.6. The molecule has 1 saturated heterocycles. The summed E-state index contributed by atoms with van der Waals surface area (Å²) in [5.41, 5.74) is 0.870. The fraction of sp³-hybridized carbons (Fsp3) is 0.625. The van der Waals surface area contributed by atoms with Crippen LogP contribution >= 0.6 is 0 Å². The van der Waals surface area contributed by atoms with Crippen LogP contribution in [-0.4, -0.2) is 50.2 Å². The Bertz CT molecular complexity index is 583. The van der Waals surface area contributed by atoms with Gasteiger partial charge in [0.1, 0.15) is 0 Å². The third kappa shape index (κ3) is 3.25. The smallest absolute Gasteiger partial charge is 0.278 e. The quantitative estimate of drug-likeness (QED) is 0.637. The first-order chi connectivity index (χ1) is 11.2. The monoisotopic (exact) mass is 321 g/mol. The molecule has 1 saturated carbocycles. The highest BCUT2D eigenvalue weighted by atomic mass is 16.6. The molecule has 0 aromatic heterocycles. The summed E-state index contributed by atoms with van der Waals surface area (Å²) < 4.78 is 10.6. The van der Waals surface area contributed by atoms with E-state index in [4.69, 9.17) is 9.47 Å². The molecule has 2 aliphatic rings. The number of benzene rings is 1. The van der Waals surface area contributed by atoms with Gasteiger partial charge in [-0.05, 0) is 24.8 Å². The van der Waals surface area contributed by atoms with Gasteiger partial charge in [-0.25, -0.2) is 0 Å². The van der Waals surface area contributed by atoms with Gasteiger partial charge in [0, 0.05) is 32.2 Å². The number of nitrogens with zero attached hydrogens (tertiary/aromatic N) is 2. The van der Waals surface area contributed by atoms with Crippen molar-refractivity contribution in [2.45, 2.75) is 18.9 Å². The highest BCUT2D eigenvalue weighted by molar-refractivity contribution is 5.55. The largest absolute Gasteiger partial charge is 0.493 e. The number of hydrogen-bond donors (Lipinski definition) is 1. The van der Waals surface area contributed by atoms with E-state index in [2.05, 4.69) is 10.2 Å². The first-order valence-electron chi connectivity index (χ1n) is 8.00. The molecule has 1 aromatic rings. The van der Waals surface area contributed by atoms with Crippen LogP contribution in [0.5, 0.6) is 11.5 Å². The van der Waals surface area contributed by atoms with E-state index in [0.717, 1.165) is 44.6 Å². The minimum absolute atomic E-state index is 0.0808. The number of hydrogen-bond acceptors (Lipinski definition) is 6. The minimum Gasteiger partial charge on any atom is -0.493 e. The van der Waals surface area contributed by atoms with E-state index in [-0.39, 0.29) is 16.7 Å². The highest BCUT2D eigenvalue weighted by Crippen LogP contribution is 2.49. The fourth-order valence-electron chi connectivity index (χ4n) is 3.40. The summed E-state index contributed by atoms with van der Waals surface area (Å²) in [4.78, 5) is 13.7. The van der Waals surface area contributed by atoms with E-state index < -0.39 is 0 Å². The van der Waals surface area contributed by atoms with Crippen molar-refractivity contribution in [3.8, 4) is 11.5 Å². The second-order valence-corrected chi connectivity index (χ2v) is 6.09. The topological polar surface area (TPSA) is 76.9 Å². The van der Waals surface area contributed by atoms with Crippen LogP contribution in [0.3, 0.4) is 0 Å². The average Bonchev–Trinajstić information content (AvgIpc) is 3.40. The maximum absolute atomic E-state index is 11.6. The molecule has 1 aromatic carbocycles. The van der Waals surface area contributed by atoms with E-state index in [1.807, 2.05) is 0 Å². The molecule has 1 atom stereocenters. The Balaban J connectivity index is 2.05. The first-order valence-corrected chi connectivity index (χ1v) is 8.00. The third-order valence-electron chi connectivity index (χ3n) is 4.66. The maximum Gasteiger partial charge on any atom is 0.278 e. The Morgan fingerprint density at radius 3 is 2.35 bits per heavy atom. The molecule has 1 aliphatic carbocycles. The van der Waals surface area contributed by atoms with E-state index in [9.17, 15) is 10.1 Å². The molecule has 3 rings (SSSR count). The lowest BCUT2D eigenvalue weighted by Crippen LogP contribution is -2.45. The summed E-state index contributed by atoms with van der Waals surface area (Å²) in [5.74, 6) is 1.44. The van der Waals surface area contributed by atoms with Gasteiger partial charge in [0.25, 0.3) is 5.69 Å². The van der Waals surface area contributed by atoms with Gasteiger partial charge >= 0.3 is 0 Å². The molecular weight excluding hydrogens is 298 g/mol. The Hall–Kier alpha value is -1.86. The van der Waals surface area contributed by atoms with Crippen LogP contribution in [0, 0.1) is 16.0 Å². The van der Waals surface area contributed by atoms with Crippen LogP contribution in [-0.2, 0) is 0 Å². The van der Waals surface area contributed by atoms with Crippen molar-refractivity contribution in [1.29, 1.82) is 0 Å². The summed E-state index contributed by atoms with van der Waals surface area (Å²) in [7, 11) is 3.06. The van der Waals surface area contributed by atoms with E-state index >= 15 is 0 Å². The molecule has 0 unspecified atom stereocenters. The normalized spacial score (nSPS) is 20.1. The van der Waals surface area contributed by atoms with Crippen LogP contribution in [0.25, 0.3) is 0 Å². The van der Waals surface area contributed by atoms with Gasteiger partial charge in [-0.3, -0.25) is 15.0 Å². The van der Waals surface area contributed by atoms with Crippen molar-refractivity contribution in [1.82, 2.24) is 10.2 Å². The van der Waals surface area contributed by atoms with Gasteiger partial charge in [-0.1, -0.05) is 0 Å². The number of ether oxygens (including phenoxy) is 2. The zero-order valence-electron chi connectivity index (χ0n) is 13.6. The summed E-state index contributed by atoms with van der Waals surface area (Å²) in [5, 5.41) is 14.9. The molecule has 1 N–H and O–H groups in total. The van der Waals surface area contributed by atoms with E-state index in [0.29, 0.717) is 17.4 Å². The summed E-state index contributed by atoms with van der Waals surface area (Å²) in [6.07, 6.45) is 2.25. The van der Waals surface area contributed by atoms with E-state index in [1.165, 1.54) is 13.2 Å². The standard InChI is InChI=1S/C16H23N3O4/c1-22-14-9-12(13(19(20)21)10-15(14)23-2)16(11-3-4-11)18-7-5-17-6-8-18/h9-11,16-17H,3-8H2,1-2H3/t16-/m0/s1. The van der Waals surface area contributed by atoms with Gasteiger partial charge in [0.2, 0.25) is 0 Å². The number of nitro benzene ring substituents is 1. The van der Waals surface area contributed by atoms with Gasteiger partial charge in [-0.15, -0.1) is 0 Å². The number of nitro groups is 1. The molecule has 23 heavy (non-hydrogen) atoms. The third-order valence-corrected chi connectivity index (χ3v) is 4.66. The predicted molar refractivity (Wildman–Crippen MR) is 86.1 cm³/mol. The minimum atomic E-state index is -0.311. The number of piperazine rings is 1. The molecule has 2 fully saturated rings. The van der Waals surface area contributed by atoms with Crippen molar-refractivity contribution in [2.75, 3.05) is 40.4 Å². The van der Waals surface area contributed by atoms with Gasteiger partial charge in [0.05, 0.1) is 30.8 Å².